The number of hydrogen-bond donors (Lipinski definition) is 1. The molecule has 6 rings (SSSR count). The Morgan fingerprint density at radius 2 is 1.32 bits per heavy atom. The van der Waals surface area contributed by atoms with Gasteiger partial charge in [-0.2, -0.15) is 0 Å². The molecule has 6 aromatic rings. The molecule has 1 N–H and O–H groups in total. The quantitative estimate of drug-likeness (QED) is 0.256. The fraction of sp³-hybridized carbons (Fsp3) is 0.212. The SMILES string of the molecule is CC(C)(C)C(C)(C)OB(O)c1cc(-c2cccc3c2oc2cc4ccccc4cc23)cc2ccccc12. The largest absolute Gasteiger partial charge is 0.492 e. The lowest BCUT2D eigenvalue weighted by Crippen LogP contribution is -2.48. The second-order valence-electron chi connectivity index (χ2n) is 11.5. The molecule has 0 aliphatic heterocycles. The van der Waals surface area contributed by atoms with E-state index in [-0.39, 0.29) is 5.41 Å². The monoisotopic (exact) mass is 486 g/mol. The average molecular weight is 486 g/mol. The Labute approximate surface area is 217 Å². The molecule has 0 amide bonds. The highest BCUT2D eigenvalue weighted by molar-refractivity contribution is 6.63. The van der Waals surface area contributed by atoms with Crippen LogP contribution in [0.4, 0.5) is 0 Å². The molecule has 0 spiro atoms. The topological polar surface area (TPSA) is 42.6 Å². The third-order valence-electron chi connectivity index (χ3n) is 8.05. The highest BCUT2D eigenvalue weighted by Gasteiger charge is 2.38. The normalized spacial score (nSPS) is 12.7. The van der Waals surface area contributed by atoms with Crippen molar-refractivity contribution < 1.29 is 14.1 Å². The van der Waals surface area contributed by atoms with E-state index < -0.39 is 12.7 Å². The summed E-state index contributed by atoms with van der Waals surface area (Å²) < 4.78 is 12.8. The van der Waals surface area contributed by atoms with E-state index >= 15 is 0 Å². The van der Waals surface area contributed by atoms with E-state index in [1.54, 1.807) is 0 Å². The van der Waals surface area contributed by atoms with Crippen molar-refractivity contribution in [2.45, 2.75) is 40.2 Å². The van der Waals surface area contributed by atoms with Gasteiger partial charge in [-0.1, -0.05) is 93.6 Å². The van der Waals surface area contributed by atoms with E-state index in [2.05, 4.69) is 81.4 Å². The van der Waals surface area contributed by atoms with Crippen molar-refractivity contribution in [3.05, 3.63) is 91.0 Å². The molecule has 0 aliphatic carbocycles. The maximum atomic E-state index is 11.4. The molecule has 0 atom stereocenters. The number of hydrogen-bond acceptors (Lipinski definition) is 3. The van der Waals surface area contributed by atoms with E-state index in [0.29, 0.717) is 0 Å². The maximum absolute atomic E-state index is 11.4. The van der Waals surface area contributed by atoms with Crippen LogP contribution in [0.3, 0.4) is 0 Å². The van der Waals surface area contributed by atoms with Crippen LogP contribution < -0.4 is 5.46 Å². The summed E-state index contributed by atoms with van der Waals surface area (Å²) in [5.74, 6) is 0. The van der Waals surface area contributed by atoms with Crippen LogP contribution >= 0.6 is 0 Å². The van der Waals surface area contributed by atoms with Gasteiger partial charge in [0.1, 0.15) is 11.2 Å². The first-order valence-electron chi connectivity index (χ1n) is 12.9. The Morgan fingerprint density at radius 3 is 2.05 bits per heavy atom. The van der Waals surface area contributed by atoms with Crippen molar-refractivity contribution in [1.82, 2.24) is 0 Å². The van der Waals surface area contributed by atoms with Crippen molar-refractivity contribution >= 4 is 56.1 Å². The number of rotatable bonds is 4. The summed E-state index contributed by atoms with van der Waals surface area (Å²) in [6, 6.07) is 31.3. The minimum Gasteiger partial charge on any atom is -0.455 e. The lowest BCUT2D eigenvalue weighted by Gasteiger charge is -2.40. The van der Waals surface area contributed by atoms with Crippen LogP contribution in [0.15, 0.2) is 95.4 Å². The summed E-state index contributed by atoms with van der Waals surface area (Å²) >= 11 is 0. The number of furan rings is 1. The second kappa shape index (κ2) is 8.48. The molecular formula is C33H31BO3. The molecule has 0 aliphatic rings. The van der Waals surface area contributed by atoms with Gasteiger partial charge in [0, 0.05) is 16.3 Å². The first kappa shape index (κ1) is 23.8. The fourth-order valence-corrected chi connectivity index (χ4v) is 4.93. The summed E-state index contributed by atoms with van der Waals surface area (Å²) in [4.78, 5) is 0. The third-order valence-corrected chi connectivity index (χ3v) is 8.05. The van der Waals surface area contributed by atoms with E-state index in [0.717, 1.165) is 54.7 Å². The van der Waals surface area contributed by atoms with Crippen molar-refractivity contribution in [3.8, 4) is 11.1 Å². The predicted molar refractivity (Wildman–Crippen MR) is 156 cm³/mol. The van der Waals surface area contributed by atoms with Crippen molar-refractivity contribution in [2.75, 3.05) is 0 Å². The third kappa shape index (κ3) is 4.01. The van der Waals surface area contributed by atoms with E-state index in [1.165, 1.54) is 5.39 Å². The summed E-state index contributed by atoms with van der Waals surface area (Å²) in [7, 11) is -1.07. The molecule has 4 heteroatoms. The van der Waals surface area contributed by atoms with Gasteiger partial charge < -0.3 is 14.1 Å². The molecule has 3 nitrogen and oxygen atoms in total. The van der Waals surface area contributed by atoms with Gasteiger partial charge in [-0.25, -0.2) is 0 Å². The number of benzene rings is 5. The van der Waals surface area contributed by atoms with E-state index in [9.17, 15) is 5.02 Å². The first-order chi connectivity index (χ1) is 17.6. The number of para-hydroxylation sites is 1. The zero-order chi connectivity index (χ0) is 25.9. The molecule has 184 valence electrons. The molecule has 0 fully saturated rings. The Kier molecular flexibility index (Phi) is 5.45. The van der Waals surface area contributed by atoms with Gasteiger partial charge >= 0.3 is 7.12 Å². The summed E-state index contributed by atoms with van der Waals surface area (Å²) in [6.45, 7) is 10.4. The smallest absolute Gasteiger partial charge is 0.455 e. The molecule has 37 heavy (non-hydrogen) atoms. The van der Waals surface area contributed by atoms with Gasteiger partial charge in [-0.05, 0) is 70.0 Å². The second-order valence-corrected chi connectivity index (χ2v) is 11.5. The Bertz CT molecular complexity index is 1790. The highest BCUT2D eigenvalue weighted by atomic mass is 16.5. The van der Waals surface area contributed by atoms with Gasteiger partial charge in [-0.3, -0.25) is 0 Å². The van der Waals surface area contributed by atoms with Crippen LogP contribution in [0.5, 0.6) is 0 Å². The average Bonchev–Trinajstić information content (AvgIpc) is 3.23. The Balaban J connectivity index is 1.55. The zero-order valence-corrected chi connectivity index (χ0v) is 22.0. The van der Waals surface area contributed by atoms with Crippen LogP contribution in [0.1, 0.15) is 34.6 Å². The summed E-state index contributed by atoms with van der Waals surface area (Å²) in [6.07, 6.45) is 0. The van der Waals surface area contributed by atoms with Crippen LogP contribution in [-0.2, 0) is 4.65 Å². The van der Waals surface area contributed by atoms with E-state index in [1.807, 2.05) is 44.2 Å². The van der Waals surface area contributed by atoms with E-state index in [4.69, 9.17) is 9.07 Å². The van der Waals surface area contributed by atoms with Gasteiger partial charge in [0.25, 0.3) is 0 Å². The fourth-order valence-electron chi connectivity index (χ4n) is 4.93. The predicted octanol–water partition coefficient (Wildman–Crippen LogP) is 8.09. The molecule has 0 saturated carbocycles. The molecular weight excluding hydrogens is 455 g/mol. The van der Waals surface area contributed by atoms with Crippen molar-refractivity contribution in [1.29, 1.82) is 0 Å². The van der Waals surface area contributed by atoms with Gasteiger partial charge in [0.05, 0.1) is 5.60 Å². The molecule has 0 saturated heterocycles. The molecule has 5 aromatic carbocycles. The van der Waals surface area contributed by atoms with Gasteiger partial charge in [-0.15, -0.1) is 0 Å². The van der Waals surface area contributed by atoms with Gasteiger partial charge in [0.15, 0.2) is 0 Å². The summed E-state index contributed by atoms with van der Waals surface area (Å²) in [5.41, 5.74) is 3.77. The lowest BCUT2D eigenvalue weighted by molar-refractivity contribution is -0.0128. The van der Waals surface area contributed by atoms with Crippen molar-refractivity contribution in [3.63, 3.8) is 0 Å². The van der Waals surface area contributed by atoms with Crippen LogP contribution in [0.2, 0.25) is 0 Å². The minimum absolute atomic E-state index is 0.148. The molecule has 0 radical (unpaired) electrons. The standard InChI is InChI=1S/C33H31BO3/c1-32(2,3)33(4,5)37-34(35)29-19-24(17-23-13-8-9-14-25(23)29)26-15-10-16-27-28-18-21-11-6-7-12-22(21)20-30(28)36-31(26)27/h6-20,35H,1-5H3. The lowest BCUT2D eigenvalue weighted by atomic mass is 9.71. The number of fused-ring (bicyclic) bond motifs is 5. The van der Waals surface area contributed by atoms with Crippen LogP contribution in [0, 0.1) is 5.41 Å². The Hall–Kier alpha value is -3.60. The van der Waals surface area contributed by atoms with Crippen molar-refractivity contribution in [2.24, 2.45) is 5.41 Å². The first-order valence-corrected chi connectivity index (χ1v) is 12.9. The molecule has 1 heterocycles. The highest BCUT2D eigenvalue weighted by Crippen LogP contribution is 2.38. The molecule has 0 unspecified atom stereocenters. The molecule has 0 bridgehead atoms. The van der Waals surface area contributed by atoms with Gasteiger partial charge in [0.2, 0.25) is 0 Å². The molecule has 1 aromatic heterocycles. The van der Waals surface area contributed by atoms with Crippen LogP contribution in [0.25, 0.3) is 54.6 Å². The zero-order valence-electron chi connectivity index (χ0n) is 22.0. The minimum atomic E-state index is -1.07. The van der Waals surface area contributed by atoms with Crippen LogP contribution in [-0.4, -0.2) is 17.7 Å². The maximum Gasteiger partial charge on any atom is 0.492 e. The Morgan fingerprint density at radius 1 is 0.676 bits per heavy atom. The summed E-state index contributed by atoms with van der Waals surface area (Å²) in [5, 5.41) is 17.9.